The van der Waals surface area contributed by atoms with E-state index in [0.717, 1.165) is 25.3 Å². The minimum Gasteiger partial charge on any atom is -0.503 e. The van der Waals surface area contributed by atoms with E-state index in [4.69, 9.17) is 0 Å². The Labute approximate surface area is 180 Å². The molecule has 7 nitrogen and oxygen atoms in total. The summed E-state index contributed by atoms with van der Waals surface area (Å²) in [6, 6.07) is 3.08. The molecule has 0 bridgehead atoms. The normalized spacial score (nSPS) is 24.0. The first-order valence-corrected chi connectivity index (χ1v) is 11.0. The summed E-state index contributed by atoms with van der Waals surface area (Å²) in [7, 11) is 0. The first-order chi connectivity index (χ1) is 14.8. The van der Waals surface area contributed by atoms with Gasteiger partial charge in [0.2, 0.25) is 5.43 Å². The van der Waals surface area contributed by atoms with Crippen LogP contribution in [0.5, 0.6) is 5.75 Å². The maximum absolute atomic E-state index is 13.8. The van der Waals surface area contributed by atoms with Crippen LogP contribution in [0.3, 0.4) is 0 Å². The van der Waals surface area contributed by atoms with Crippen molar-refractivity contribution in [2.45, 2.75) is 49.0 Å². The molecule has 0 radical (unpaired) electrons. The van der Waals surface area contributed by atoms with Gasteiger partial charge in [-0.3, -0.25) is 14.4 Å². The molecule has 3 aliphatic rings. The highest BCUT2D eigenvalue weighted by atomic mass is 32.2. The zero-order chi connectivity index (χ0) is 21.9. The summed E-state index contributed by atoms with van der Waals surface area (Å²) in [6.07, 6.45) is 4.26. The van der Waals surface area contributed by atoms with E-state index in [2.05, 4.69) is 5.32 Å². The molecule has 162 valence electrons. The van der Waals surface area contributed by atoms with Crippen LogP contribution in [0.2, 0.25) is 0 Å². The van der Waals surface area contributed by atoms with Gasteiger partial charge in [-0.25, -0.2) is 8.78 Å². The van der Waals surface area contributed by atoms with Crippen molar-refractivity contribution >= 4 is 23.6 Å². The number of thioether (sulfide) groups is 1. The molecule has 5 rings (SSSR count). The number of hydrogen-bond acceptors (Lipinski definition) is 5. The van der Waals surface area contributed by atoms with Crippen LogP contribution in [-0.4, -0.2) is 43.1 Å². The fourth-order valence-electron chi connectivity index (χ4n) is 4.68. The summed E-state index contributed by atoms with van der Waals surface area (Å²) in [4.78, 5) is 40.1. The van der Waals surface area contributed by atoms with Crippen LogP contribution >= 0.6 is 11.8 Å². The van der Waals surface area contributed by atoms with E-state index in [1.165, 1.54) is 16.8 Å². The second-order valence-corrected chi connectivity index (χ2v) is 9.40. The number of fused-ring (bicyclic) bond motifs is 4. The molecule has 1 aliphatic carbocycles. The third-order valence-corrected chi connectivity index (χ3v) is 7.75. The summed E-state index contributed by atoms with van der Waals surface area (Å²) >= 11 is 1.72. The van der Waals surface area contributed by atoms with E-state index >= 15 is 0 Å². The van der Waals surface area contributed by atoms with Gasteiger partial charge in [0.25, 0.3) is 11.8 Å². The number of halogens is 2. The number of benzene rings is 1. The number of pyridine rings is 1. The van der Waals surface area contributed by atoms with Crippen molar-refractivity contribution in [2.75, 3.05) is 0 Å². The quantitative estimate of drug-likeness (QED) is 0.753. The number of amides is 2. The summed E-state index contributed by atoms with van der Waals surface area (Å²) in [5, 5.41) is 13.2. The fraction of sp³-hybridized carbons (Fsp3) is 0.381. The number of nitrogens with one attached hydrogen (secondary N) is 1. The van der Waals surface area contributed by atoms with Crippen LogP contribution in [0.15, 0.2) is 29.2 Å². The highest BCUT2D eigenvalue weighted by Crippen LogP contribution is 2.47. The van der Waals surface area contributed by atoms with E-state index in [1.54, 1.807) is 16.7 Å². The van der Waals surface area contributed by atoms with Crippen molar-refractivity contribution in [3.63, 3.8) is 0 Å². The second-order valence-electron chi connectivity index (χ2n) is 7.98. The Kier molecular flexibility index (Phi) is 4.76. The lowest BCUT2D eigenvalue weighted by Crippen LogP contribution is -2.49. The van der Waals surface area contributed by atoms with Gasteiger partial charge in [-0.15, -0.1) is 11.8 Å². The number of carbonyl (C=O) groups is 2. The molecule has 1 aromatic carbocycles. The Bertz CT molecular complexity index is 1170. The van der Waals surface area contributed by atoms with Crippen molar-refractivity contribution in [1.82, 2.24) is 14.8 Å². The molecule has 0 spiro atoms. The summed E-state index contributed by atoms with van der Waals surface area (Å²) in [5.74, 6) is -3.52. The van der Waals surface area contributed by atoms with E-state index in [1.807, 2.05) is 0 Å². The zero-order valence-corrected chi connectivity index (χ0v) is 17.1. The minimum atomic E-state index is -0.954. The van der Waals surface area contributed by atoms with Gasteiger partial charge in [0.15, 0.2) is 11.4 Å². The number of hydrogen-bond donors (Lipinski definition) is 2. The van der Waals surface area contributed by atoms with Crippen LogP contribution in [0, 0.1) is 11.6 Å². The van der Waals surface area contributed by atoms with Gasteiger partial charge >= 0.3 is 0 Å². The molecular weight excluding hydrogens is 428 g/mol. The molecule has 2 N–H and O–H groups in total. The van der Waals surface area contributed by atoms with Crippen LogP contribution in [0.25, 0.3) is 0 Å². The van der Waals surface area contributed by atoms with Crippen LogP contribution in [0.4, 0.5) is 8.78 Å². The summed E-state index contributed by atoms with van der Waals surface area (Å²) < 4.78 is 28.3. The van der Waals surface area contributed by atoms with E-state index in [-0.39, 0.29) is 34.8 Å². The lowest BCUT2D eigenvalue weighted by molar-refractivity contribution is 0.0611. The Morgan fingerprint density at radius 1 is 1.26 bits per heavy atom. The Morgan fingerprint density at radius 3 is 2.84 bits per heavy atom. The van der Waals surface area contributed by atoms with Gasteiger partial charge < -0.3 is 19.9 Å². The molecule has 10 heteroatoms. The first kappa shape index (κ1) is 20.0. The smallest absolute Gasteiger partial charge is 0.275 e. The number of nitrogens with zero attached hydrogens (tertiary/aromatic N) is 2. The van der Waals surface area contributed by atoms with Crippen LogP contribution in [0.1, 0.15) is 45.7 Å². The summed E-state index contributed by atoms with van der Waals surface area (Å²) in [5.41, 5.74) is -1.34. The topological polar surface area (TPSA) is 91.6 Å². The zero-order valence-electron chi connectivity index (χ0n) is 16.3. The van der Waals surface area contributed by atoms with Crippen LogP contribution < -0.4 is 10.7 Å². The Hall–Kier alpha value is -2.88. The van der Waals surface area contributed by atoms with Crippen molar-refractivity contribution < 1.29 is 23.5 Å². The van der Waals surface area contributed by atoms with E-state index in [0.29, 0.717) is 17.9 Å². The maximum atomic E-state index is 13.8. The SMILES string of the molecule is O=C(NCc1ccc(F)cc1F)c1cn2c(c(O)c1=O)C(=O)N1C(C2)S[C@@H]2CCC[C@@H]21. The molecule has 1 saturated carbocycles. The highest BCUT2D eigenvalue weighted by molar-refractivity contribution is 8.00. The average molecular weight is 447 g/mol. The highest BCUT2D eigenvalue weighted by Gasteiger charge is 2.50. The molecule has 1 aromatic heterocycles. The van der Waals surface area contributed by atoms with Gasteiger partial charge in [0, 0.05) is 35.7 Å². The monoisotopic (exact) mass is 447 g/mol. The Morgan fingerprint density at radius 2 is 2.06 bits per heavy atom. The standard InChI is InChI=1S/C21H19F2N3O4S/c22-11-5-4-10(13(23)6-11)7-24-20(29)12-8-25-9-16-26(14-2-1-3-15(14)31-16)21(30)17(25)19(28)18(12)27/h4-6,8,14-16,28H,1-3,7,9H2,(H,24,29)/t14-,15+,16?/m0/s1. The van der Waals surface area contributed by atoms with Crippen molar-refractivity contribution in [1.29, 1.82) is 0 Å². The Balaban J connectivity index is 1.42. The van der Waals surface area contributed by atoms with Gasteiger partial charge in [-0.1, -0.05) is 12.5 Å². The molecule has 2 amide bonds. The van der Waals surface area contributed by atoms with Gasteiger partial charge in [-0.2, -0.15) is 0 Å². The van der Waals surface area contributed by atoms with Crippen molar-refractivity contribution in [3.8, 4) is 5.75 Å². The molecule has 3 atom stereocenters. The number of carbonyl (C=O) groups excluding carboxylic acids is 2. The minimum absolute atomic E-state index is 0.0525. The largest absolute Gasteiger partial charge is 0.503 e. The molecule has 3 heterocycles. The maximum Gasteiger partial charge on any atom is 0.275 e. The molecule has 2 aliphatic heterocycles. The molecule has 2 aromatic rings. The fourth-order valence-corrected chi connectivity index (χ4v) is 6.47. The second kappa shape index (κ2) is 7.37. The number of aromatic nitrogens is 1. The van der Waals surface area contributed by atoms with E-state index < -0.39 is 34.6 Å². The molecular formula is C21H19F2N3O4S. The predicted molar refractivity (Wildman–Crippen MR) is 109 cm³/mol. The van der Waals surface area contributed by atoms with Crippen LogP contribution in [-0.2, 0) is 13.1 Å². The third-order valence-electron chi connectivity index (χ3n) is 6.16. The molecule has 1 saturated heterocycles. The van der Waals surface area contributed by atoms with Gasteiger partial charge in [0.05, 0.1) is 11.9 Å². The third kappa shape index (κ3) is 3.20. The first-order valence-electron chi connectivity index (χ1n) is 10.0. The molecule has 31 heavy (non-hydrogen) atoms. The van der Waals surface area contributed by atoms with Gasteiger partial charge in [-0.05, 0) is 18.9 Å². The van der Waals surface area contributed by atoms with Crippen molar-refractivity contribution in [2.24, 2.45) is 0 Å². The van der Waals surface area contributed by atoms with E-state index in [9.17, 15) is 28.3 Å². The van der Waals surface area contributed by atoms with Gasteiger partial charge in [0.1, 0.15) is 17.2 Å². The number of rotatable bonds is 3. The number of aromatic hydroxyl groups is 1. The molecule has 2 fully saturated rings. The average Bonchev–Trinajstić information content (AvgIpc) is 3.30. The lowest BCUT2D eigenvalue weighted by atomic mass is 10.1. The van der Waals surface area contributed by atoms with Crippen molar-refractivity contribution in [3.05, 3.63) is 63.1 Å². The lowest BCUT2D eigenvalue weighted by Gasteiger charge is -2.35. The molecule has 1 unspecified atom stereocenters. The summed E-state index contributed by atoms with van der Waals surface area (Å²) in [6.45, 7) is 0.0981. The predicted octanol–water partition coefficient (Wildman–Crippen LogP) is 2.21.